The molecule has 3 rings (SSSR count). The van der Waals surface area contributed by atoms with Crippen molar-refractivity contribution in [3.63, 3.8) is 0 Å². The first-order chi connectivity index (χ1) is 13.0. The molecule has 0 atom stereocenters. The van der Waals surface area contributed by atoms with E-state index in [1.165, 1.54) is 12.3 Å². The van der Waals surface area contributed by atoms with E-state index >= 15 is 0 Å². The van der Waals surface area contributed by atoms with Crippen molar-refractivity contribution in [2.75, 3.05) is 5.73 Å². The first-order valence-corrected chi connectivity index (χ1v) is 8.24. The summed E-state index contributed by atoms with van der Waals surface area (Å²) in [7, 11) is 0. The molecule has 1 aromatic carbocycles. The lowest BCUT2D eigenvalue weighted by atomic mass is 10.1. The number of nitrogen functional groups attached to an aromatic ring is 1. The fraction of sp³-hybridized carbons (Fsp3) is 0.0667. The second-order valence-electron chi connectivity index (χ2n) is 5.01. The van der Waals surface area contributed by atoms with E-state index in [0.29, 0.717) is 22.1 Å². The number of nitrogens with one attached hydrogen (secondary N) is 1. The number of hydrazone groups is 1. The number of nitrogens with two attached hydrogens (primary N) is 1. The highest BCUT2D eigenvalue weighted by molar-refractivity contribution is 7.15. The molecule has 27 heavy (non-hydrogen) atoms. The first kappa shape index (κ1) is 18.0. The predicted octanol–water partition coefficient (Wildman–Crippen LogP) is 1.91. The second-order valence-corrected chi connectivity index (χ2v) is 6.10. The molecule has 3 N–H and O–H groups in total. The van der Waals surface area contributed by atoms with Crippen molar-refractivity contribution in [1.82, 2.24) is 15.8 Å². The minimum Gasteiger partial charge on any atom is -0.455 e. The molecule has 0 fully saturated rings. The van der Waals surface area contributed by atoms with Gasteiger partial charge in [0.05, 0.1) is 16.7 Å². The van der Waals surface area contributed by atoms with Crippen LogP contribution in [0, 0.1) is 10.1 Å². The Hall–Kier alpha value is -3.80. The number of aromatic nitrogens is 2. The minimum atomic E-state index is -0.622. The van der Waals surface area contributed by atoms with E-state index in [1.807, 2.05) is 0 Å². The summed E-state index contributed by atoms with van der Waals surface area (Å²) in [6.07, 6.45) is 1.16. The van der Waals surface area contributed by atoms with Gasteiger partial charge in [-0.25, -0.2) is 4.79 Å². The number of hydrogen-bond acceptors (Lipinski definition) is 11. The molecule has 2 aromatic heterocycles. The van der Waals surface area contributed by atoms with Gasteiger partial charge in [-0.1, -0.05) is 23.5 Å². The molecule has 0 radical (unpaired) electrons. The third-order valence-electron chi connectivity index (χ3n) is 3.18. The zero-order chi connectivity index (χ0) is 19.2. The van der Waals surface area contributed by atoms with Crippen molar-refractivity contribution in [2.24, 2.45) is 5.10 Å². The molecule has 11 nitrogen and oxygen atoms in total. The molecule has 0 unspecified atom stereocenters. The van der Waals surface area contributed by atoms with Gasteiger partial charge in [0, 0.05) is 6.07 Å². The highest BCUT2D eigenvalue weighted by Crippen LogP contribution is 2.30. The van der Waals surface area contributed by atoms with Gasteiger partial charge in [0.25, 0.3) is 5.69 Å². The summed E-state index contributed by atoms with van der Waals surface area (Å²) in [6, 6.07) is 9.36. The van der Waals surface area contributed by atoms with Crippen LogP contribution in [0.2, 0.25) is 0 Å². The molecule has 2 heterocycles. The van der Waals surface area contributed by atoms with Crippen LogP contribution in [0.25, 0.3) is 11.3 Å². The van der Waals surface area contributed by atoms with Crippen molar-refractivity contribution >= 4 is 34.3 Å². The molecule has 0 bridgehead atoms. The molecule has 0 aliphatic heterocycles. The fourth-order valence-electron chi connectivity index (χ4n) is 2.07. The number of carbonyl (C=O) groups is 1. The summed E-state index contributed by atoms with van der Waals surface area (Å²) in [5.41, 5.74) is 7.81. The molecule has 3 aromatic rings. The lowest BCUT2D eigenvalue weighted by molar-refractivity contribution is -0.384. The Balaban J connectivity index is 1.56. The number of nitro groups is 1. The summed E-state index contributed by atoms with van der Waals surface area (Å²) < 4.78 is 5.50. The number of hydrogen-bond donors (Lipinski definition) is 2. The van der Waals surface area contributed by atoms with Crippen molar-refractivity contribution < 1.29 is 19.0 Å². The number of benzene rings is 1. The SMILES string of the molecule is Nc1nnc(CC(=O)ON/N=C\c2ccc(-c3ccccc3[N+](=O)[O-])o2)s1. The molecule has 138 valence electrons. The standard InChI is InChI=1S/C15H12N6O5S/c16-15-19-18-13(27-15)7-14(22)26-20-17-8-9-5-6-12(25-9)10-3-1-2-4-11(10)21(23)24/h1-6,8,20H,7H2,(H2,16,19)/b17-8-. The summed E-state index contributed by atoms with van der Waals surface area (Å²) in [5.74, 6) is 0.00143. The lowest BCUT2D eigenvalue weighted by Crippen LogP contribution is -2.16. The van der Waals surface area contributed by atoms with Gasteiger partial charge in [0.2, 0.25) is 5.13 Å². The summed E-state index contributed by atoms with van der Waals surface area (Å²) in [5, 5.41) is 22.7. The van der Waals surface area contributed by atoms with Gasteiger partial charge in [-0.2, -0.15) is 0 Å². The number of para-hydroxylation sites is 1. The maximum Gasteiger partial charge on any atom is 0.341 e. The largest absolute Gasteiger partial charge is 0.455 e. The maximum absolute atomic E-state index is 11.6. The van der Waals surface area contributed by atoms with Crippen LogP contribution in [0.1, 0.15) is 10.8 Å². The maximum atomic E-state index is 11.6. The molecule has 0 spiro atoms. The quantitative estimate of drug-likeness (QED) is 0.350. The van der Waals surface area contributed by atoms with E-state index in [0.717, 1.165) is 11.3 Å². The molecule has 0 aliphatic rings. The van der Waals surface area contributed by atoms with E-state index in [-0.39, 0.29) is 17.2 Å². The van der Waals surface area contributed by atoms with E-state index in [9.17, 15) is 14.9 Å². The van der Waals surface area contributed by atoms with E-state index in [1.54, 1.807) is 30.3 Å². The van der Waals surface area contributed by atoms with Crippen molar-refractivity contribution in [3.05, 3.63) is 57.3 Å². The average Bonchev–Trinajstić information content (AvgIpc) is 3.28. The number of carbonyl (C=O) groups excluding carboxylic acids is 1. The number of rotatable bonds is 7. The molecule has 0 saturated carbocycles. The van der Waals surface area contributed by atoms with E-state index < -0.39 is 10.9 Å². The van der Waals surface area contributed by atoms with Crippen LogP contribution in [-0.4, -0.2) is 27.3 Å². The van der Waals surface area contributed by atoms with Gasteiger partial charge in [-0.05, 0) is 18.2 Å². The van der Waals surface area contributed by atoms with Crippen LogP contribution in [-0.2, 0) is 16.1 Å². The minimum absolute atomic E-state index is 0.0697. The fourth-order valence-corrected chi connectivity index (χ4v) is 2.67. The second kappa shape index (κ2) is 8.05. The monoisotopic (exact) mass is 388 g/mol. The zero-order valence-corrected chi connectivity index (χ0v) is 14.4. The van der Waals surface area contributed by atoms with E-state index in [4.69, 9.17) is 15.0 Å². The van der Waals surface area contributed by atoms with Crippen molar-refractivity contribution in [1.29, 1.82) is 0 Å². The van der Waals surface area contributed by atoms with Crippen LogP contribution >= 0.6 is 11.3 Å². The molecular formula is C15H12N6O5S. The molecule has 0 aliphatic carbocycles. The number of anilines is 1. The normalized spacial score (nSPS) is 10.8. The highest BCUT2D eigenvalue weighted by atomic mass is 32.1. The Labute approximate surface area is 155 Å². The summed E-state index contributed by atoms with van der Waals surface area (Å²) in [4.78, 5) is 26.9. The third kappa shape index (κ3) is 4.64. The number of nitro benzene ring substituents is 1. The summed E-state index contributed by atoms with van der Waals surface area (Å²) >= 11 is 1.08. The molecule has 0 amide bonds. The lowest BCUT2D eigenvalue weighted by Gasteiger charge is -1.99. The Morgan fingerprint density at radius 1 is 1.37 bits per heavy atom. The van der Waals surface area contributed by atoms with Crippen LogP contribution in [0.4, 0.5) is 10.8 Å². The smallest absolute Gasteiger partial charge is 0.341 e. The third-order valence-corrected chi connectivity index (χ3v) is 3.93. The van der Waals surface area contributed by atoms with Gasteiger partial charge < -0.3 is 15.0 Å². The Kier molecular flexibility index (Phi) is 5.37. The van der Waals surface area contributed by atoms with Crippen molar-refractivity contribution in [2.45, 2.75) is 6.42 Å². The topological polar surface area (TPSA) is 159 Å². The van der Waals surface area contributed by atoms with Crippen LogP contribution in [0.15, 0.2) is 45.9 Å². The zero-order valence-electron chi connectivity index (χ0n) is 13.6. The number of nitrogens with zero attached hydrogens (tertiary/aromatic N) is 4. The van der Waals surface area contributed by atoms with Crippen molar-refractivity contribution in [3.8, 4) is 11.3 Å². The van der Waals surface area contributed by atoms with Crippen LogP contribution in [0.3, 0.4) is 0 Å². The van der Waals surface area contributed by atoms with Crippen LogP contribution < -0.4 is 11.3 Å². The molecule has 0 saturated heterocycles. The van der Waals surface area contributed by atoms with Crippen LogP contribution in [0.5, 0.6) is 0 Å². The van der Waals surface area contributed by atoms with Gasteiger partial charge in [-0.3, -0.25) is 10.1 Å². The van der Waals surface area contributed by atoms with E-state index in [2.05, 4.69) is 20.9 Å². The average molecular weight is 388 g/mol. The van der Waals surface area contributed by atoms with Gasteiger partial charge in [-0.15, -0.1) is 20.9 Å². The first-order valence-electron chi connectivity index (χ1n) is 7.42. The number of furan rings is 1. The molecule has 12 heteroatoms. The molecular weight excluding hydrogens is 376 g/mol. The summed E-state index contributed by atoms with van der Waals surface area (Å²) in [6.45, 7) is 0. The Bertz CT molecular complexity index is 998. The predicted molar refractivity (Wildman–Crippen MR) is 95.6 cm³/mol. The Morgan fingerprint density at radius 2 is 2.19 bits per heavy atom. The van der Waals surface area contributed by atoms with Gasteiger partial charge in [0.1, 0.15) is 22.9 Å². The van der Waals surface area contributed by atoms with Gasteiger partial charge in [0.15, 0.2) is 0 Å². The Morgan fingerprint density at radius 3 is 2.93 bits per heavy atom. The highest BCUT2D eigenvalue weighted by Gasteiger charge is 2.16. The van der Waals surface area contributed by atoms with Gasteiger partial charge >= 0.3 is 5.97 Å².